The number of nitrogens with one attached hydrogen (secondary N) is 2. The largest absolute Gasteiger partial charge is 0.356 e. The minimum absolute atomic E-state index is 0. The average Bonchev–Trinajstić information content (AvgIpc) is 2.79. The van der Waals surface area contributed by atoms with Gasteiger partial charge in [-0.3, -0.25) is 4.79 Å². The third-order valence-electron chi connectivity index (χ3n) is 4.49. The summed E-state index contributed by atoms with van der Waals surface area (Å²) in [4.78, 5) is 12.1. The molecule has 3 nitrogen and oxygen atoms in total. The van der Waals surface area contributed by atoms with Gasteiger partial charge in [-0.1, -0.05) is 19.8 Å². The maximum absolute atomic E-state index is 12.1. The molecule has 1 saturated heterocycles. The zero-order chi connectivity index (χ0) is 12.1. The molecule has 0 radical (unpaired) electrons. The molecule has 0 aromatic rings. The Labute approximate surface area is 117 Å². The lowest BCUT2D eigenvalue weighted by atomic mass is 9.87. The van der Waals surface area contributed by atoms with Crippen molar-refractivity contribution in [2.24, 2.45) is 11.3 Å². The summed E-state index contributed by atoms with van der Waals surface area (Å²) in [5.74, 6) is 1.05. The third kappa shape index (κ3) is 4.13. The number of carbonyl (C=O) groups is 1. The molecule has 0 aromatic carbocycles. The second kappa shape index (κ2) is 7.34. The van der Waals surface area contributed by atoms with Crippen molar-refractivity contribution in [1.82, 2.24) is 10.6 Å². The molecule has 18 heavy (non-hydrogen) atoms. The number of carbonyl (C=O) groups excluding carboxylic acids is 1. The lowest BCUT2D eigenvalue weighted by Crippen LogP contribution is -2.39. The van der Waals surface area contributed by atoms with Crippen LogP contribution in [0, 0.1) is 11.3 Å². The van der Waals surface area contributed by atoms with Crippen molar-refractivity contribution in [3.63, 3.8) is 0 Å². The van der Waals surface area contributed by atoms with Gasteiger partial charge in [0, 0.05) is 12.0 Å². The highest BCUT2D eigenvalue weighted by atomic mass is 35.5. The van der Waals surface area contributed by atoms with Crippen molar-refractivity contribution in [2.75, 3.05) is 19.6 Å². The fourth-order valence-electron chi connectivity index (χ4n) is 3.16. The Hall–Kier alpha value is -0.280. The molecule has 1 heterocycles. The summed E-state index contributed by atoms with van der Waals surface area (Å²) in [6.45, 7) is 5.28. The Morgan fingerprint density at radius 2 is 2.06 bits per heavy atom. The zero-order valence-corrected chi connectivity index (χ0v) is 12.3. The molecule has 1 unspecified atom stereocenters. The first-order valence-electron chi connectivity index (χ1n) is 7.20. The highest BCUT2D eigenvalue weighted by molar-refractivity contribution is 5.85. The molecule has 2 N–H and O–H groups in total. The Kier molecular flexibility index (Phi) is 6.44. The predicted octanol–water partition coefficient (Wildman–Crippen LogP) is 2.49. The van der Waals surface area contributed by atoms with Crippen molar-refractivity contribution in [1.29, 1.82) is 0 Å². The SMILES string of the molecule is CC1(C(=O)NCCC2CCCNC2)CCCC1.Cl. The number of piperidine rings is 1. The van der Waals surface area contributed by atoms with Crippen LogP contribution in [0.2, 0.25) is 0 Å². The van der Waals surface area contributed by atoms with Gasteiger partial charge in [-0.15, -0.1) is 12.4 Å². The van der Waals surface area contributed by atoms with E-state index < -0.39 is 0 Å². The van der Waals surface area contributed by atoms with Crippen LogP contribution in [-0.2, 0) is 4.79 Å². The van der Waals surface area contributed by atoms with Crippen LogP contribution in [0.4, 0.5) is 0 Å². The van der Waals surface area contributed by atoms with Gasteiger partial charge in [0.2, 0.25) is 5.91 Å². The summed E-state index contributed by atoms with van der Waals surface area (Å²) in [5.41, 5.74) is -0.0647. The molecular formula is C14H27ClN2O. The van der Waals surface area contributed by atoms with E-state index in [4.69, 9.17) is 0 Å². The van der Waals surface area contributed by atoms with E-state index in [1.54, 1.807) is 0 Å². The van der Waals surface area contributed by atoms with Crippen molar-refractivity contribution in [3.8, 4) is 0 Å². The van der Waals surface area contributed by atoms with E-state index in [9.17, 15) is 4.79 Å². The van der Waals surface area contributed by atoms with E-state index >= 15 is 0 Å². The van der Waals surface area contributed by atoms with Gasteiger partial charge in [-0.05, 0) is 51.1 Å². The molecule has 2 rings (SSSR count). The average molecular weight is 275 g/mol. The molecule has 0 spiro atoms. The van der Waals surface area contributed by atoms with Crippen LogP contribution in [0.15, 0.2) is 0 Å². The predicted molar refractivity (Wildman–Crippen MR) is 77.0 cm³/mol. The molecule has 1 aliphatic carbocycles. The highest BCUT2D eigenvalue weighted by Crippen LogP contribution is 2.37. The second-order valence-electron chi connectivity index (χ2n) is 6.02. The Morgan fingerprint density at radius 3 is 2.67 bits per heavy atom. The van der Waals surface area contributed by atoms with Crippen molar-refractivity contribution >= 4 is 18.3 Å². The van der Waals surface area contributed by atoms with Gasteiger partial charge in [-0.2, -0.15) is 0 Å². The van der Waals surface area contributed by atoms with Gasteiger partial charge < -0.3 is 10.6 Å². The molecular weight excluding hydrogens is 248 g/mol. The van der Waals surface area contributed by atoms with Crippen molar-refractivity contribution < 1.29 is 4.79 Å². The first-order valence-corrected chi connectivity index (χ1v) is 7.20. The smallest absolute Gasteiger partial charge is 0.225 e. The standard InChI is InChI=1S/C14H26N2O.ClH/c1-14(7-2-3-8-14)13(17)16-10-6-12-5-4-9-15-11-12;/h12,15H,2-11H2,1H3,(H,16,17);1H. The van der Waals surface area contributed by atoms with E-state index in [0.29, 0.717) is 5.91 Å². The Balaban J connectivity index is 0.00000162. The highest BCUT2D eigenvalue weighted by Gasteiger charge is 2.35. The van der Waals surface area contributed by atoms with Crippen LogP contribution in [-0.4, -0.2) is 25.5 Å². The minimum atomic E-state index is -0.0647. The van der Waals surface area contributed by atoms with Crippen LogP contribution in [0.3, 0.4) is 0 Å². The summed E-state index contributed by atoms with van der Waals surface area (Å²) in [6, 6.07) is 0. The molecule has 106 valence electrons. The molecule has 0 aromatic heterocycles. The van der Waals surface area contributed by atoms with E-state index in [1.807, 2.05) is 0 Å². The molecule has 1 atom stereocenters. The van der Waals surface area contributed by atoms with Gasteiger partial charge in [0.25, 0.3) is 0 Å². The summed E-state index contributed by atoms with van der Waals surface area (Å²) >= 11 is 0. The minimum Gasteiger partial charge on any atom is -0.356 e. The molecule has 2 fully saturated rings. The van der Waals surface area contributed by atoms with E-state index in [2.05, 4.69) is 17.6 Å². The van der Waals surface area contributed by atoms with E-state index in [0.717, 1.165) is 38.3 Å². The summed E-state index contributed by atoms with van der Waals surface area (Å²) in [5, 5.41) is 6.57. The van der Waals surface area contributed by atoms with E-state index in [1.165, 1.54) is 32.2 Å². The van der Waals surface area contributed by atoms with Crippen LogP contribution in [0.1, 0.15) is 51.9 Å². The Bertz CT molecular complexity index is 259. The van der Waals surface area contributed by atoms with Crippen LogP contribution in [0.25, 0.3) is 0 Å². The first-order chi connectivity index (χ1) is 8.21. The number of halogens is 1. The summed E-state index contributed by atoms with van der Waals surface area (Å²) in [6.07, 6.45) is 8.33. The van der Waals surface area contributed by atoms with E-state index in [-0.39, 0.29) is 17.8 Å². The lowest BCUT2D eigenvalue weighted by Gasteiger charge is -2.25. The number of hydrogen-bond acceptors (Lipinski definition) is 2. The molecule has 0 bridgehead atoms. The second-order valence-corrected chi connectivity index (χ2v) is 6.02. The normalized spacial score (nSPS) is 26.4. The number of rotatable bonds is 4. The number of amides is 1. The summed E-state index contributed by atoms with van der Waals surface area (Å²) < 4.78 is 0. The van der Waals surface area contributed by atoms with Crippen molar-refractivity contribution in [3.05, 3.63) is 0 Å². The van der Waals surface area contributed by atoms with Gasteiger partial charge in [0.1, 0.15) is 0 Å². The molecule has 4 heteroatoms. The molecule has 2 aliphatic rings. The number of hydrogen-bond donors (Lipinski definition) is 2. The lowest BCUT2D eigenvalue weighted by molar-refractivity contribution is -0.129. The van der Waals surface area contributed by atoms with Crippen LogP contribution < -0.4 is 10.6 Å². The first kappa shape index (κ1) is 15.8. The van der Waals surface area contributed by atoms with Gasteiger partial charge in [-0.25, -0.2) is 0 Å². The van der Waals surface area contributed by atoms with Crippen LogP contribution in [0.5, 0.6) is 0 Å². The van der Waals surface area contributed by atoms with Gasteiger partial charge in [0.05, 0.1) is 0 Å². The molecule has 1 aliphatic heterocycles. The Morgan fingerprint density at radius 1 is 1.33 bits per heavy atom. The topological polar surface area (TPSA) is 41.1 Å². The fourth-order valence-corrected chi connectivity index (χ4v) is 3.16. The molecule has 1 saturated carbocycles. The quantitative estimate of drug-likeness (QED) is 0.827. The molecule has 1 amide bonds. The maximum Gasteiger partial charge on any atom is 0.225 e. The summed E-state index contributed by atoms with van der Waals surface area (Å²) in [7, 11) is 0. The van der Waals surface area contributed by atoms with Gasteiger partial charge >= 0.3 is 0 Å². The zero-order valence-electron chi connectivity index (χ0n) is 11.5. The fraction of sp³-hybridized carbons (Fsp3) is 0.929. The van der Waals surface area contributed by atoms with Crippen LogP contribution >= 0.6 is 12.4 Å². The maximum atomic E-state index is 12.1. The van der Waals surface area contributed by atoms with Crippen molar-refractivity contribution in [2.45, 2.75) is 51.9 Å². The third-order valence-corrected chi connectivity index (χ3v) is 4.49. The monoisotopic (exact) mass is 274 g/mol. The van der Waals surface area contributed by atoms with Gasteiger partial charge in [0.15, 0.2) is 0 Å².